The number of carbonyl (C=O) groups excluding carboxylic acids is 1. The van der Waals surface area contributed by atoms with Crippen LogP contribution in [0.15, 0.2) is 11.1 Å². The Morgan fingerprint density at radius 1 is 1.37 bits per heavy atom. The van der Waals surface area contributed by atoms with E-state index < -0.39 is 0 Å². The fourth-order valence-electron chi connectivity index (χ4n) is 3.30. The maximum atomic E-state index is 12.5. The maximum Gasteiger partial charge on any atom is 0.235 e. The first-order chi connectivity index (χ1) is 12.9. The van der Waals surface area contributed by atoms with Crippen molar-refractivity contribution in [2.75, 3.05) is 11.1 Å². The molecule has 27 heavy (non-hydrogen) atoms. The van der Waals surface area contributed by atoms with Crippen molar-refractivity contribution in [1.82, 2.24) is 4.98 Å². The molecule has 3 rings (SSSR count). The van der Waals surface area contributed by atoms with E-state index in [2.05, 4.69) is 29.4 Å². The molecule has 0 saturated carbocycles. The van der Waals surface area contributed by atoms with Gasteiger partial charge in [-0.05, 0) is 56.2 Å². The number of hydrogen-bond acceptors (Lipinski definition) is 6. The lowest BCUT2D eigenvalue weighted by molar-refractivity contribution is -0.113. The molecule has 0 saturated heterocycles. The van der Waals surface area contributed by atoms with E-state index >= 15 is 0 Å². The molecule has 5 nitrogen and oxygen atoms in total. The van der Waals surface area contributed by atoms with Crippen LogP contribution in [0.25, 0.3) is 0 Å². The minimum atomic E-state index is -0.187. The Morgan fingerprint density at radius 2 is 2.11 bits per heavy atom. The maximum absolute atomic E-state index is 12.5. The van der Waals surface area contributed by atoms with Crippen LogP contribution in [0.5, 0.6) is 0 Å². The largest absolute Gasteiger partial charge is 0.316 e. The number of carbonyl (C=O) groups is 1. The Balaban J connectivity index is 1.73. The number of thioether (sulfide) groups is 1. The van der Waals surface area contributed by atoms with E-state index in [4.69, 9.17) is 0 Å². The van der Waals surface area contributed by atoms with E-state index in [1.807, 2.05) is 19.9 Å². The van der Waals surface area contributed by atoms with Gasteiger partial charge in [0.05, 0.1) is 16.9 Å². The Hall–Kier alpha value is -2.35. The molecule has 1 N–H and O–H groups in total. The Morgan fingerprint density at radius 3 is 2.81 bits per heavy atom. The molecule has 1 aliphatic rings. The minimum absolute atomic E-state index is 0.147. The van der Waals surface area contributed by atoms with Crippen LogP contribution in [-0.4, -0.2) is 16.6 Å². The minimum Gasteiger partial charge on any atom is -0.316 e. The Bertz CT molecular complexity index is 981. The highest BCUT2D eigenvalue weighted by Gasteiger charge is 2.24. The van der Waals surface area contributed by atoms with Gasteiger partial charge in [0.25, 0.3) is 0 Å². The smallest absolute Gasteiger partial charge is 0.235 e. The number of rotatable bonds is 4. The van der Waals surface area contributed by atoms with E-state index in [-0.39, 0.29) is 11.7 Å². The van der Waals surface area contributed by atoms with E-state index in [0.717, 1.165) is 36.1 Å². The summed E-state index contributed by atoms with van der Waals surface area (Å²) in [6.07, 6.45) is 2.95. The summed E-state index contributed by atoms with van der Waals surface area (Å²) >= 11 is 2.77. The summed E-state index contributed by atoms with van der Waals surface area (Å²) in [6, 6.07) is 6.29. The highest BCUT2D eigenvalue weighted by atomic mass is 32.2. The zero-order valence-electron chi connectivity index (χ0n) is 15.5. The lowest BCUT2D eigenvalue weighted by atomic mass is 9.89. The number of nitrogens with zero attached hydrogens (tertiary/aromatic N) is 3. The van der Waals surface area contributed by atoms with Crippen molar-refractivity contribution in [2.24, 2.45) is 5.92 Å². The van der Waals surface area contributed by atoms with Crippen LogP contribution in [0.1, 0.15) is 46.2 Å². The van der Waals surface area contributed by atoms with E-state index in [9.17, 15) is 15.3 Å². The molecule has 2 heterocycles. The summed E-state index contributed by atoms with van der Waals surface area (Å²) in [5, 5.41) is 23.0. The molecule has 0 bridgehead atoms. The first kappa shape index (κ1) is 19.4. The second kappa shape index (κ2) is 8.12. The summed E-state index contributed by atoms with van der Waals surface area (Å²) in [4.78, 5) is 18.1. The molecular weight excluding hydrogens is 376 g/mol. The number of anilines is 1. The lowest BCUT2D eigenvalue weighted by Gasteiger charge is -2.17. The molecule has 0 unspecified atom stereocenters. The molecule has 1 aliphatic carbocycles. The summed E-state index contributed by atoms with van der Waals surface area (Å²) < 4.78 is 0. The molecule has 0 aliphatic heterocycles. The average molecular weight is 397 g/mol. The number of hydrogen-bond donors (Lipinski definition) is 1. The van der Waals surface area contributed by atoms with E-state index in [1.165, 1.54) is 28.0 Å². The number of aromatic nitrogens is 1. The van der Waals surface area contributed by atoms with Crippen molar-refractivity contribution in [3.8, 4) is 12.1 Å². The van der Waals surface area contributed by atoms with Gasteiger partial charge in [0.2, 0.25) is 5.91 Å². The van der Waals surface area contributed by atoms with Gasteiger partial charge >= 0.3 is 0 Å². The van der Waals surface area contributed by atoms with E-state index in [1.54, 1.807) is 0 Å². The zero-order valence-corrected chi connectivity index (χ0v) is 17.2. The number of aryl methyl sites for hydroxylation is 2. The highest BCUT2D eigenvalue weighted by molar-refractivity contribution is 8.00. The predicted molar refractivity (Wildman–Crippen MR) is 108 cm³/mol. The highest BCUT2D eigenvalue weighted by Crippen LogP contribution is 2.39. The van der Waals surface area contributed by atoms with Crippen LogP contribution in [0.4, 0.5) is 5.00 Å². The molecule has 2 aromatic rings. The fraction of sp³-hybridized carbons (Fsp3) is 0.400. The molecule has 0 fully saturated rings. The molecule has 2 aromatic heterocycles. The fourth-order valence-corrected chi connectivity index (χ4v) is 5.57. The zero-order chi connectivity index (χ0) is 19.6. The summed E-state index contributed by atoms with van der Waals surface area (Å²) in [6.45, 7) is 5.95. The van der Waals surface area contributed by atoms with Crippen LogP contribution < -0.4 is 5.32 Å². The molecule has 1 amide bonds. The normalized spacial score (nSPS) is 15.5. The number of fused-ring (bicyclic) bond motifs is 1. The Labute approximate surface area is 167 Å². The lowest BCUT2D eigenvalue weighted by Crippen LogP contribution is -2.14. The molecule has 1 atom stereocenters. The van der Waals surface area contributed by atoms with Crippen molar-refractivity contribution >= 4 is 34.0 Å². The molecule has 0 radical (unpaired) electrons. The summed E-state index contributed by atoms with van der Waals surface area (Å²) in [5.74, 6) is 0.573. The summed E-state index contributed by atoms with van der Waals surface area (Å²) in [7, 11) is 0. The van der Waals surface area contributed by atoms with Gasteiger partial charge in [0.1, 0.15) is 22.2 Å². The number of pyridine rings is 1. The third-order valence-electron chi connectivity index (χ3n) is 4.64. The van der Waals surface area contributed by atoms with Gasteiger partial charge in [-0.25, -0.2) is 4.98 Å². The van der Waals surface area contributed by atoms with Gasteiger partial charge in [-0.1, -0.05) is 18.7 Å². The third-order valence-corrected chi connectivity index (χ3v) is 6.78. The number of nitrogens with one attached hydrogen (secondary N) is 1. The van der Waals surface area contributed by atoms with Crippen LogP contribution in [-0.2, 0) is 17.6 Å². The van der Waals surface area contributed by atoms with Gasteiger partial charge in [-0.3, -0.25) is 4.79 Å². The molecule has 0 spiro atoms. The van der Waals surface area contributed by atoms with Gasteiger partial charge < -0.3 is 5.32 Å². The molecule has 7 heteroatoms. The SMILES string of the molecule is Cc1cc(C)c(C#N)c(SCC(=O)Nc2sc3c(c2C#N)CC[C@H](C)C3)n1. The van der Waals surface area contributed by atoms with Crippen LogP contribution in [0.2, 0.25) is 0 Å². The van der Waals surface area contributed by atoms with Crippen LogP contribution in [0.3, 0.4) is 0 Å². The first-order valence-electron chi connectivity index (χ1n) is 8.78. The molecule has 0 aromatic carbocycles. The number of thiophene rings is 1. The van der Waals surface area contributed by atoms with Gasteiger partial charge in [-0.15, -0.1) is 11.3 Å². The topological polar surface area (TPSA) is 89.6 Å². The monoisotopic (exact) mass is 396 g/mol. The third kappa shape index (κ3) is 4.16. The standard InChI is InChI=1S/C20H20N4OS2/c1-11-4-5-14-16(9-22)20(27-17(14)6-11)24-18(25)10-26-19-15(8-21)12(2)7-13(3)23-19/h7,11H,4-6,10H2,1-3H3,(H,24,25)/t11-/m0/s1. The first-order valence-corrected chi connectivity index (χ1v) is 10.6. The van der Waals surface area contributed by atoms with Gasteiger partial charge in [0.15, 0.2) is 0 Å². The average Bonchev–Trinajstić information content (AvgIpc) is 2.95. The number of amides is 1. The van der Waals surface area contributed by atoms with Crippen molar-refractivity contribution in [3.05, 3.63) is 38.9 Å². The van der Waals surface area contributed by atoms with Crippen LogP contribution >= 0.6 is 23.1 Å². The quantitative estimate of drug-likeness (QED) is 0.776. The van der Waals surface area contributed by atoms with Crippen LogP contribution in [0, 0.1) is 42.4 Å². The molecular formula is C20H20N4OS2. The van der Waals surface area contributed by atoms with Crippen molar-refractivity contribution in [3.63, 3.8) is 0 Å². The van der Waals surface area contributed by atoms with E-state index in [0.29, 0.717) is 27.1 Å². The summed E-state index contributed by atoms with van der Waals surface area (Å²) in [5.41, 5.74) is 3.91. The van der Waals surface area contributed by atoms with Crippen molar-refractivity contribution in [1.29, 1.82) is 10.5 Å². The number of nitriles is 2. The second-order valence-corrected chi connectivity index (χ2v) is 8.95. The Kier molecular flexibility index (Phi) is 5.84. The van der Waals surface area contributed by atoms with Gasteiger partial charge in [-0.2, -0.15) is 10.5 Å². The van der Waals surface area contributed by atoms with Gasteiger partial charge in [0, 0.05) is 10.6 Å². The molecule has 138 valence electrons. The van der Waals surface area contributed by atoms with Crippen molar-refractivity contribution < 1.29 is 4.79 Å². The second-order valence-electron chi connectivity index (χ2n) is 6.88. The van der Waals surface area contributed by atoms with Crippen molar-refractivity contribution in [2.45, 2.75) is 45.1 Å². The predicted octanol–water partition coefficient (Wildman–Crippen LogP) is 4.36.